The number of thiazole rings is 1. The van der Waals surface area contributed by atoms with Gasteiger partial charge in [-0.2, -0.15) is 0 Å². The maximum Gasteiger partial charge on any atom is 0.269 e. The van der Waals surface area contributed by atoms with Crippen molar-refractivity contribution < 1.29 is 9.72 Å². The van der Waals surface area contributed by atoms with Crippen LogP contribution < -0.4 is 5.32 Å². The zero-order valence-electron chi connectivity index (χ0n) is 12.4. The van der Waals surface area contributed by atoms with Gasteiger partial charge in [-0.3, -0.25) is 19.9 Å². The van der Waals surface area contributed by atoms with E-state index in [4.69, 9.17) is 0 Å². The summed E-state index contributed by atoms with van der Waals surface area (Å²) in [5, 5.41) is 15.9. The molecule has 7 nitrogen and oxygen atoms in total. The van der Waals surface area contributed by atoms with Gasteiger partial charge < -0.3 is 5.32 Å². The second-order valence-corrected chi connectivity index (χ2v) is 5.77. The van der Waals surface area contributed by atoms with Crippen molar-refractivity contribution in [3.63, 3.8) is 0 Å². The summed E-state index contributed by atoms with van der Waals surface area (Å²) in [6.07, 6.45) is 3.54. The molecule has 24 heavy (non-hydrogen) atoms. The molecule has 0 aliphatic carbocycles. The molecule has 0 bridgehead atoms. The van der Waals surface area contributed by atoms with Gasteiger partial charge in [-0.25, -0.2) is 4.98 Å². The Hall–Kier alpha value is -3.13. The second kappa shape index (κ2) is 6.97. The number of amides is 1. The molecule has 0 spiro atoms. The van der Waals surface area contributed by atoms with Crippen LogP contribution in [0.25, 0.3) is 10.6 Å². The number of rotatable bonds is 5. The number of nitrogens with one attached hydrogen (secondary N) is 1. The topological polar surface area (TPSA) is 98.0 Å². The molecule has 3 rings (SSSR count). The molecule has 0 atom stereocenters. The molecular formula is C16H12N4O3S. The standard InChI is InChI=1S/C16H12N4O3S/c21-15(18-12-3-5-14(6-4-12)20(22)23)8-13-10-24-16(19-13)11-2-1-7-17-9-11/h1-7,9-10H,8H2,(H,18,21). The molecule has 1 N–H and O–H groups in total. The third kappa shape index (κ3) is 3.79. The van der Waals surface area contributed by atoms with Gasteiger partial charge in [0.15, 0.2) is 0 Å². The predicted octanol–water partition coefficient (Wildman–Crippen LogP) is 3.29. The highest BCUT2D eigenvalue weighted by molar-refractivity contribution is 7.13. The van der Waals surface area contributed by atoms with Crippen molar-refractivity contribution in [2.45, 2.75) is 6.42 Å². The number of non-ortho nitro benzene ring substituents is 1. The molecule has 0 fully saturated rings. The van der Waals surface area contributed by atoms with E-state index in [-0.39, 0.29) is 18.0 Å². The summed E-state index contributed by atoms with van der Waals surface area (Å²) in [7, 11) is 0. The zero-order valence-corrected chi connectivity index (χ0v) is 13.2. The minimum absolute atomic E-state index is 0.0198. The van der Waals surface area contributed by atoms with E-state index in [1.807, 2.05) is 17.5 Å². The van der Waals surface area contributed by atoms with Gasteiger partial charge in [-0.1, -0.05) is 0 Å². The SMILES string of the molecule is O=C(Cc1csc(-c2cccnc2)n1)Nc1ccc([N+](=O)[O-])cc1. The largest absolute Gasteiger partial charge is 0.326 e. The average molecular weight is 340 g/mol. The van der Waals surface area contributed by atoms with Crippen molar-refractivity contribution in [2.75, 3.05) is 5.32 Å². The van der Waals surface area contributed by atoms with Crippen molar-refractivity contribution >= 4 is 28.6 Å². The van der Waals surface area contributed by atoms with E-state index in [1.165, 1.54) is 35.6 Å². The minimum Gasteiger partial charge on any atom is -0.326 e. The lowest BCUT2D eigenvalue weighted by Gasteiger charge is -2.03. The normalized spacial score (nSPS) is 10.3. The number of carbonyl (C=O) groups is 1. The number of nitro benzene ring substituents is 1. The van der Waals surface area contributed by atoms with Crippen LogP contribution in [0.4, 0.5) is 11.4 Å². The number of hydrogen-bond acceptors (Lipinski definition) is 6. The fraction of sp³-hybridized carbons (Fsp3) is 0.0625. The highest BCUT2D eigenvalue weighted by Crippen LogP contribution is 2.23. The maximum absolute atomic E-state index is 12.1. The van der Waals surface area contributed by atoms with E-state index >= 15 is 0 Å². The van der Waals surface area contributed by atoms with Crippen LogP contribution in [0.5, 0.6) is 0 Å². The Labute approximate surface area is 141 Å². The number of benzene rings is 1. The van der Waals surface area contributed by atoms with Gasteiger partial charge >= 0.3 is 0 Å². The van der Waals surface area contributed by atoms with Crippen LogP contribution in [0.2, 0.25) is 0 Å². The number of nitro groups is 1. The molecule has 0 unspecified atom stereocenters. The van der Waals surface area contributed by atoms with Crippen LogP contribution in [0, 0.1) is 10.1 Å². The van der Waals surface area contributed by atoms with Crippen LogP contribution in [-0.2, 0) is 11.2 Å². The highest BCUT2D eigenvalue weighted by Gasteiger charge is 2.10. The molecule has 2 aromatic heterocycles. The first-order valence-electron chi connectivity index (χ1n) is 7.01. The summed E-state index contributed by atoms with van der Waals surface area (Å²) in [5.74, 6) is -0.230. The van der Waals surface area contributed by atoms with Crippen LogP contribution in [-0.4, -0.2) is 20.8 Å². The summed E-state index contributed by atoms with van der Waals surface area (Å²) in [5.41, 5.74) is 2.06. The van der Waals surface area contributed by atoms with Gasteiger partial charge in [0, 0.05) is 41.2 Å². The Morgan fingerprint density at radius 1 is 1.25 bits per heavy atom. The predicted molar refractivity (Wildman–Crippen MR) is 90.8 cm³/mol. The molecule has 0 radical (unpaired) electrons. The van der Waals surface area contributed by atoms with E-state index in [0.29, 0.717) is 11.4 Å². The van der Waals surface area contributed by atoms with Gasteiger partial charge in [0.1, 0.15) is 5.01 Å². The van der Waals surface area contributed by atoms with E-state index in [0.717, 1.165) is 10.6 Å². The number of carbonyl (C=O) groups excluding carboxylic acids is 1. The summed E-state index contributed by atoms with van der Waals surface area (Å²) in [4.78, 5) is 30.6. The number of hydrogen-bond donors (Lipinski definition) is 1. The first kappa shape index (κ1) is 15.8. The summed E-state index contributed by atoms with van der Waals surface area (Å²) in [6, 6.07) is 9.43. The van der Waals surface area contributed by atoms with Crippen LogP contribution in [0.1, 0.15) is 5.69 Å². The monoisotopic (exact) mass is 340 g/mol. The minimum atomic E-state index is -0.485. The lowest BCUT2D eigenvalue weighted by atomic mass is 10.2. The Morgan fingerprint density at radius 3 is 2.71 bits per heavy atom. The van der Waals surface area contributed by atoms with Gasteiger partial charge in [-0.15, -0.1) is 11.3 Å². The Bertz CT molecular complexity index is 863. The molecule has 0 saturated heterocycles. The molecule has 0 aliphatic rings. The fourth-order valence-corrected chi connectivity index (χ4v) is 2.86. The molecule has 0 saturated carbocycles. The van der Waals surface area contributed by atoms with Crippen molar-refractivity contribution in [3.05, 3.63) is 70.0 Å². The van der Waals surface area contributed by atoms with Crippen LogP contribution >= 0.6 is 11.3 Å². The fourth-order valence-electron chi connectivity index (χ4n) is 2.05. The number of anilines is 1. The molecule has 120 valence electrons. The Balaban J connectivity index is 1.63. The quantitative estimate of drug-likeness (QED) is 0.567. The molecule has 0 aliphatic heterocycles. The molecule has 1 aromatic carbocycles. The van der Waals surface area contributed by atoms with Crippen molar-refractivity contribution in [1.29, 1.82) is 0 Å². The van der Waals surface area contributed by atoms with Crippen molar-refractivity contribution in [3.8, 4) is 10.6 Å². The van der Waals surface area contributed by atoms with Crippen molar-refractivity contribution in [2.24, 2.45) is 0 Å². The van der Waals surface area contributed by atoms with Crippen molar-refractivity contribution in [1.82, 2.24) is 9.97 Å². The second-order valence-electron chi connectivity index (χ2n) is 4.91. The van der Waals surface area contributed by atoms with E-state index in [9.17, 15) is 14.9 Å². The van der Waals surface area contributed by atoms with Crippen LogP contribution in [0.3, 0.4) is 0 Å². The Kier molecular flexibility index (Phi) is 4.57. The molecule has 1 amide bonds. The van der Waals surface area contributed by atoms with Crippen LogP contribution in [0.15, 0.2) is 54.2 Å². The van der Waals surface area contributed by atoms with Gasteiger partial charge in [-0.05, 0) is 24.3 Å². The van der Waals surface area contributed by atoms with E-state index in [1.54, 1.807) is 12.4 Å². The maximum atomic E-state index is 12.1. The lowest BCUT2D eigenvalue weighted by Crippen LogP contribution is -2.14. The summed E-state index contributed by atoms with van der Waals surface area (Å²) < 4.78 is 0. The van der Waals surface area contributed by atoms with Gasteiger partial charge in [0.2, 0.25) is 5.91 Å². The van der Waals surface area contributed by atoms with Gasteiger partial charge in [0.25, 0.3) is 5.69 Å². The first-order chi connectivity index (χ1) is 11.6. The highest BCUT2D eigenvalue weighted by atomic mass is 32.1. The molecular weight excluding hydrogens is 328 g/mol. The lowest BCUT2D eigenvalue weighted by molar-refractivity contribution is -0.384. The van der Waals surface area contributed by atoms with E-state index in [2.05, 4.69) is 15.3 Å². The summed E-state index contributed by atoms with van der Waals surface area (Å²) >= 11 is 1.45. The summed E-state index contributed by atoms with van der Waals surface area (Å²) in [6.45, 7) is 0. The molecule has 2 heterocycles. The van der Waals surface area contributed by atoms with E-state index < -0.39 is 4.92 Å². The smallest absolute Gasteiger partial charge is 0.269 e. The number of aromatic nitrogens is 2. The van der Waals surface area contributed by atoms with Gasteiger partial charge in [0.05, 0.1) is 17.0 Å². The number of nitrogens with zero attached hydrogens (tertiary/aromatic N) is 3. The molecule has 8 heteroatoms. The Morgan fingerprint density at radius 2 is 2.04 bits per heavy atom. The third-order valence-electron chi connectivity index (χ3n) is 3.16. The average Bonchev–Trinajstić information content (AvgIpc) is 3.04. The third-order valence-corrected chi connectivity index (χ3v) is 4.10. The zero-order chi connectivity index (χ0) is 16.9. The number of pyridine rings is 1. The molecule has 3 aromatic rings. The first-order valence-corrected chi connectivity index (χ1v) is 7.89.